The number of amides is 7. The molecule has 6 unspecified atom stereocenters. The highest BCUT2D eigenvalue weighted by molar-refractivity contribution is 5.97. The van der Waals surface area contributed by atoms with Crippen LogP contribution < -0.4 is 48.7 Å². The van der Waals surface area contributed by atoms with Crippen molar-refractivity contribution in [2.75, 3.05) is 78.5 Å². The smallest absolute Gasteiger partial charge is 0.326 e. The first-order valence-corrected chi connectivity index (χ1v) is 25.8. The molecule has 0 aromatic heterocycles. The Kier molecular flexibility index (Phi) is 33.3. The summed E-state index contributed by atoms with van der Waals surface area (Å²) < 4.78 is 0. The summed E-state index contributed by atoms with van der Waals surface area (Å²) in [5.74, 6) is -14.5. The summed E-state index contributed by atoms with van der Waals surface area (Å²) in [4.78, 5) is 172. The highest BCUT2D eigenvalue weighted by Crippen LogP contribution is 2.13. The molecule has 32 heteroatoms. The van der Waals surface area contributed by atoms with Crippen molar-refractivity contribution >= 4 is 83.1 Å². The number of aliphatic imine (C=N–C) groups is 1. The van der Waals surface area contributed by atoms with Gasteiger partial charge in [0.05, 0.1) is 39.1 Å². The van der Waals surface area contributed by atoms with Crippen molar-refractivity contribution < 1.29 is 93.0 Å². The van der Waals surface area contributed by atoms with Gasteiger partial charge in [-0.15, -0.1) is 0 Å². The third kappa shape index (κ3) is 31.9. The number of nitrogens with one attached hydrogen (secondary N) is 7. The number of nitrogens with zero attached hydrogens (tertiary/aromatic N) is 4. The molecule has 1 saturated heterocycles. The fraction of sp³-hybridized carbons (Fsp3) is 0.702. The van der Waals surface area contributed by atoms with Crippen molar-refractivity contribution in [2.45, 2.75) is 128 Å². The Morgan fingerprint density at radius 3 is 1.72 bits per heavy atom. The number of carboxylic acids is 6. The van der Waals surface area contributed by atoms with E-state index in [1.165, 1.54) is 9.80 Å². The van der Waals surface area contributed by atoms with Gasteiger partial charge >= 0.3 is 35.8 Å². The predicted octanol–water partition coefficient (Wildman–Crippen LogP) is -4.93. The number of hydrogen-bond donors (Lipinski definition) is 15. The average Bonchev–Trinajstić information content (AvgIpc) is 3.34. The molecular formula is C47H79N13O19. The number of hydrogen-bond acceptors (Lipinski definition) is 17. The third-order valence-electron chi connectivity index (χ3n) is 12.2. The minimum atomic E-state index is -1.57. The van der Waals surface area contributed by atoms with Crippen LogP contribution in [0.2, 0.25) is 0 Å². The Hall–Kier alpha value is -7.74. The van der Waals surface area contributed by atoms with Gasteiger partial charge < -0.3 is 79.3 Å². The van der Waals surface area contributed by atoms with E-state index in [1.807, 2.05) is 0 Å². The third-order valence-corrected chi connectivity index (χ3v) is 12.2. The van der Waals surface area contributed by atoms with Crippen LogP contribution in [-0.4, -0.2) is 237 Å². The van der Waals surface area contributed by atoms with Gasteiger partial charge in [-0.25, -0.2) is 4.79 Å². The van der Waals surface area contributed by atoms with Crippen LogP contribution in [0, 0.1) is 5.92 Å². The molecule has 0 aromatic rings. The van der Waals surface area contributed by atoms with Gasteiger partial charge in [-0.1, -0.05) is 26.7 Å². The van der Waals surface area contributed by atoms with Crippen molar-refractivity contribution in [3.05, 3.63) is 0 Å². The molecule has 0 saturated carbocycles. The van der Waals surface area contributed by atoms with Crippen LogP contribution in [-0.2, 0) is 62.3 Å². The monoisotopic (exact) mass is 1130 g/mol. The quantitative estimate of drug-likeness (QED) is 0.0166. The first-order valence-electron chi connectivity index (χ1n) is 25.8. The highest BCUT2D eigenvalue weighted by atomic mass is 16.4. The molecule has 446 valence electrons. The van der Waals surface area contributed by atoms with Crippen molar-refractivity contribution in [1.82, 2.24) is 51.9 Å². The van der Waals surface area contributed by atoms with Crippen LogP contribution in [0.25, 0.3) is 0 Å². The van der Waals surface area contributed by atoms with Crippen LogP contribution in [0.15, 0.2) is 4.99 Å². The minimum absolute atomic E-state index is 0.00463. The van der Waals surface area contributed by atoms with Crippen LogP contribution in [0.4, 0.5) is 0 Å². The lowest BCUT2D eigenvalue weighted by Crippen LogP contribution is -2.60. The van der Waals surface area contributed by atoms with Gasteiger partial charge in [0, 0.05) is 58.7 Å². The van der Waals surface area contributed by atoms with E-state index in [-0.39, 0.29) is 96.7 Å². The number of carbonyl (C=O) groups is 13. The molecule has 0 aromatic carbocycles. The molecule has 79 heavy (non-hydrogen) atoms. The molecule has 1 aliphatic rings. The molecule has 1 fully saturated rings. The molecule has 17 N–H and O–H groups in total. The van der Waals surface area contributed by atoms with E-state index >= 15 is 0 Å². The summed E-state index contributed by atoms with van der Waals surface area (Å²) in [7, 11) is 0. The lowest BCUT2D eigenvalue weighted by Gasteiger charge is -2.29. The lowest BCUT2D eigenvalue weighted by molar-refractivity contribution is -0.143. The summed E-state index contributed by atoms with van der Waals surface area (Å²) >= 11 is 0. The maximum atomic E-state index is 14.1. The Balaban J connectivity index is 3.19. The minimum Gasteiger partial charge on any atom is -0.481 e. The Bertz CT molecular complexity index is 2110. The Morgan fingerprint density at radius 2 is 1.16 bits per heavy atom. The fourth-order valence-corrected chi connectivity index (χ4v) is 7.87. The van der Waals surface area contributed by atoms with Gasteiger partial charge in [-0.2, -0.15) is 0 Å². The maximum Gasteiger partial charge on any atom is 0.326 e. The SMILES string of the molecule is CCC(C)C1NC(=O)C(NC(=O)CCCCCNC(=O)CN(CCN(CCN(CC(=O)O)CC(=O)O)CC(=O)O)CC(=O)O)CC(=O)NCCCCC(C(=O)O)NC(=O)C(CCC(=O)O)NC(=O)C(CCCN=C(N)N)NC1=O. The zero-order valence-corrected chi connectivity index (χ0v) is 44.6. The topological polar surface area (TPSA) is 502 Å². The van der Waals surface area contributed by atoms with Gasteiger partial charge in [0.2, 0.25) is 41.4 Å². The van der Waals surface area contributed by atoms with Gasteiger partial charge in [-0.05, 0) is 57.3 Å². The van der Waals surface area contributed by atoms with Crippen molar-refractivity contribution in [3.8, 4) is 0 Å². The maximum absolute atomic E-state index is 14.1. The molecule has 0 bridgehead atoms. The normalized spacial score (nSPS) is 19.4. The number of aliphatic carboxylic acids is 6. The van der Waals surface area contributed by atoms with E-state index in [0.29, 0.717) is 19.3 Å². The van der Waals surface area contributed by atoms with E-state index in [1.54, 1.807) is 13.8 Å². The number of carboxylic acid groups (broad SMARTS) is 6. The van der Waals surface area contributed by atoms with Crippen LogP contribution in [0.5, 0.6) is 0 Å². The summed E-state index contributed by atoms with van der Waals surface area (Å²) in [5.41, 5.74) is 10.9. The molecule has 0 aliphatic carbocycles. The summed E-state index contributed by atoms with van der Waals surface area (Å²) in [6.45, 7) is 0.199. The van der Waals surface area contributed by atoms with Gasteiger partial charge in [-0.3, -0.25) is 77.2 Å². The molecule has 0 spiro atoms. The second-order valence-electron chi connectivity index (χ2n) is 18.9. The molecule has 0 radical (unpaired) electrons. The summed E-state index contributed by atoms with van der Waals surface area (Å²) in [6.07, 6.45) is -0.478. The van der Waals surface area contributed by atoms with Gasteiger partial charge in [0.25, 0.3) is 0 Å². The van der Waals surface area contributed by atoms with E-state index in [4.69, 9.17) is 21.7 Å². The number of guanidine groups is 1. The zero-order chi connectivity index (χ0) is 59.6. The zero-order valence-electron chi connectivity index (χ0n) is 44.6. The van der Waals surface area contributed by atoms with Crippen LogP contribution >= 0.6 is 0 Å². The highest BCUT2D eigenvalue weighted by Gasteiger charge is 2.35. The predicted molar refractivity (Wildman–Crippen MR) is 276 cm³/mol. The fourth-order valence-electron chi connectivity index (χ4n) is 7.87. The standard InChI is InChI=1S/C47H79N13O19/c1-3-28(2)41-45(77)55-29(11-9-17-52-47(48)49)42(74)54-30(13-14-36(64)65)43(75)56-31(46(78)79)10-6-8-16-50-34(62)22-32(44(76)57-41)53-33(61)12-5-4-7-15-51-35(63)23-59(25-38(68)69)20-18-58(24-37(66)67)19-21-60(26-39(70)71)27-40(72)73/h28-32,41H,3-27H2,1-2H3,(H,50,62)(H,51,63)(H,53,61)(H,54,74)(H,55,77)(H,56,75)(H,57,76)(H,64,65)(H,66,67)(H,68,69)(H,70,71)(H,72,73)(H,78,79)(H4,48,49,52). The van der Waals surface area contributed by atoms with E-state index < -0.39 is 165 Å². The van der Waals surface area contributed by atoms with E-state index in [2.05, 4.69) is 42.2 Å². The first kappa shape index (κ1) is 69.3. The number of rotatable bonds is 33. The van der Waals surface area contributed by atoms with E-state index in [0.717, 1.165) is 4.90 Å². The summed E-state index contributed by atoms with van der Waals surface area (Å²) in [6, 6.07) is -7.41. The van der Waals surface area contributed by atoms with Crippen molar-refractivity contribution in [1.29, 1.82) is 0 Å². The lowest BCUT2D eigenvalue weighted by atomic mass is 9.96. The second kappa shape index (κ2) is 37.9. The van der Waals surface area contributed by atoms with E-state index in [9.17, 15) is 82.8 Å². The molecule has 1 heterocycles. The first-order chi connectivity index (χ1) is 37.2. The molecule has 32 nitrogen and oxygen atoms in total. The van der Waals surface area contributed by atoms with Crippen LogP contribution in [0.3, 0.4) is 0 Å². The number of carbonyl (C=O) groups excluding carboxylic acids is 7. The second-order valence-corrected chi connectivity index (χ2v) is 18.9. The van der Waals surface area contributed by atoms with Gasteiger partial charge in [0.15, 0.2) is 5.96 Å². The Morgan fingerprint density at radius 1 is 0.620 bits per heavy atom. The average molecular weight is 1130 g/mol. The molecule has 1 rings (SSSR count). The largest absolute Gasteiger partial charge is 0.481 e. The van der Waals surface area contributed by atoms with Crippen molar-refractivity contribution in [3.63, 3.8) is 0 Å². The van der Waals surface area contributed by atoms with Gasteiger partial charge in [0.1, 0.15) is 30.2 Å². The summed E-state index contributed by atoms with van der Waals surface area (Å²) in [5, 5.41) is 74.1. The Labute approximate surface area is 455 Å². The molecule has 1 aliphatic heterocycles. The number of unbranched alkanes of at least 4 members (excludes halogenated alkanes) is 2. The molecule has 6 atom stereocenters. The molecular weight excluding hydrogens is 1050 g/mol. The molecule has 7 amide bonds. The van der Waals surface area contributed by atoms with Crippen LogP contribution in [0.1, 0.15) is 97.3 Å². The number of nitrogens with two attached hydrogens (primary N) is 2. The van der Waals surface area contributed by atoms with Crippen molar-refractivity contribution in [2.24, 2.45) is 22.4 Å².